The molecule has 1 aliphatic rings. The van der Waals surface area contributed by atoms with Crippen LogP contribution in [0.1, 0.15) is 28.9 Å². The highest BCUT2D eigenvalue weighted by Gasteiger charge is 2.29. The highest BCUT2D eigenvalue weighted by molar-refractivity contribution is 5.94. The summed E-state index contributed by atoms with van der Waals surface area (Å²) in [6.45, 7) is 1.90. The minimum absolute atomic E-state index is 0.126. The van der Waals surface area contributed by atoms with Crippen LogP contribution in [0.2, 0.25) is 0 Å². The number of urea groups is 1. The molecule has 110 valence electrons. The van der Waals surface area contributed by atoms with Gasteiger partial charge in [-0.15, -0.1) is 0 Å². The second kappa shape index (κ2) is 6.08. The number of aromatic carboxylic acids is 1. The van der Waals surface area contributed by atoms with E-state index in [9.17, 15) is 14.4 Å². The van der Waals surface area contributed by atoms with E-state index in [1.54, 1.807) is 19.1 Å². The number of hydrogen-bond donors (Lipinski definition) is 3. The standard InChI is InChI=1S/C14H14N2O5/c1-2-21-13(19)10-7-15-14(20)16-11(10)8-3-5-9(6-4-8)12(17)18/h3-7,11H,2H2,1H3,(H,17,18)(H2,15,16,20). The molecule has 1 aromatic rings. The van der Waals surface area contributed by atoms with Crippen molar-refractivity contribution in [2.24, 2.45) is 0 Å². The Bertz CT molecular complexity index is 606. The summed E-state index contributed by atoms with van der Waals surface area (Å²) in [7, 11) is 0. The Morgan fingerprint density at radius 1 is 1.29 bits per heavy atom. The quantitative estimate of drug-likeness (QED) is 0.722. The Hall–Kier alpha value is -2.83. The monoisotopic (exact) mass is 290 g/mol. The third-order valence-electron chi connectivity index (χ3n) is 2.95. The molecule has 0 radical (unpaired) electrons. The van der Waals surface area contributed by atoms with Crippen LogP contribution < -0.4 is 10.6 Å². The number of esters is 1. The number of carbonyl (C=O) groups is 3. The van der Waals surface area contributed by atoms with Crippen molar-refractivity contribution >= 4 is 18.0 Å². The molecular formula is C14H14N2O5. The van der Waals surface area contributed by atoms with Gasteiger partial charge in [0.2, 0.25) is 0 Å². The zero-order chi connectivity index (χ0) is 15.4. The molecule has 0 aromatic heterocycles. The summed E-state index contributed by atoms with van der Waals surface area (Å²) in [5, 5.41) is 13.9. The Morgan fingerprint density at radius 2 is 1.95 bits per heavy atom. The van der Waals surface area contributed by atoms with Gasteiger partial charge in [-0.05, 0) is 24.6 Å². The average molecular weight is 290 g/mol. The van der Waals surface area contributed by atoms with Crippen molar-refractivity contribution in [3.8, 4) is 0 Å². The number of rotatable bonds is 4. The van der Waals surface area contributed by atoms with Gasteiger partial charge in [0, 0.05) is 6.20 Å². The van der Waals surface area contributed by atoms with Gasteiger partial charge in [-0.1, -0.05) is 12.1 Å². The topological polar surface area (TPSA) is 105 Å². The van der Waals surface area contributed by atoms with Crippen LogP contribution in [-0.2, 0) is 9.53 Å². The van der Waals surface area contributed by atoms with Crippen LogP contribution in [0, 0.1) is 0 Å². The summed E-state index contributed by atoms with van der Waals surface area (Å²) in [5.41, 5.74) is 0.967. The Labute approximate surface area is 120 Å². The van der Waals surface area contributed by atoms with Crippen LogP contribution in [0.3, 0.4) is 0 Å². The third kappa shape index (κ3) is 3.19. The molecule has 1 atom stereocenters. The first-order valence-corrected chi connectivity index (χ1v) is 6.30. The molecule has 2 rings (SSSR count). The molecule has 2 amide bonds. The minimum Gasteiger partial charge on any atom is -0.478 e. The Morgan fingerprint density at radius 3 is 2.52 bits per heavy atom. The number of carboxylic acids is 1. The average Bonchev–Trinajstić information content (AvgIpc) is 2.47. The van der Waals surface area contributed by atoms with E-state index >= 15 is 0 Å². The lowest BCUT2D eigenvalue weighted by molar-refractivity contribution is -0.139. The Kier molecular flexibility index (Phi) is 4.22. The van der Waals surface area contributed by atoms with Gasteiger partial charge in [0.15, 0.2) is 0 Å². The van der Waals surface area contributed by atoms with Crippen LogP contribution in [0.5, 0.6) is 0 Å². The maximum atomic E-state index is 11.9. The van der Waals surface area contributed by atoms with Gasteiger partial charge in [-0.25, -0.2) is 14.4 Å². The van der Waals surface area contributed by atoms with Gasteiger partial charge in [0.25, 0.3) is 0 Å². The molecule has 3 N–H and O–H groups in total. The summed E-state index contributed by atoms with van der Waals surface area (Å²) in [4.78, 5) is 34.2. The van der Waals surface area contributed by atoms with E-state index < -0.39 is 24.0 Å². The zero-order valence-corrected chi connectivity index (χ0v) is 11.3. The van der Waals surface area contributed by atoms with E-state index in [2.05, 4.69) is 10.6 Å². The van der Waals surface area contributed by atoms with Crippen LogP contribution in [0.4, 0.5) is 4.79 Å². The molecule has 7 nitrogen and oxygen atoms in total. The molecule has 0 saturated carbocycles. The molecule has 0 bridgehead atoms. The fourth-order valence-corrected chi connectivity index (χ4v) is 1.95. The van der Waals surface area contributed by atoms with Crippen molar-refractivity contribution in [1.29, 1.82) is 0 Å². The van der Waals surface area contributed by atoms with E-state index in [1.165, 1.54) is 18.3 Å². The van der Waals surface area contributed by atoms with Gasteiger partial charge in [0.05, 0.1) is 23.8 Å². The van der Waals surface area contributed by atoms with Crippen molar-refractivity contribution < 1.29 is 24.2 Å². The molecule has 1 aromatic carbocycles. The van der Waals surface area contributed by atoms with E-state index in [-0.39, 0.29) is 17.7 Å². The van der Waals surface area contributed by atoms with E-state index in [0.29, 0.717) is 5.56 Å². The number of carboxylic acid groups (broad SMARTS) is 1. The van der Waals surface area contributed by atoms with E-state index in [0.717, 1.165) is 0 Å². The fraction of sp³-hybridized carbons (Fsp3) is 0.214. The normalized spacial score (nSPS) is 17.3. The highest BCUT2D eigenvalue weighted by atomic mass is 16.5. The molecule has 1 aliphatic heterocycles. The largest absolute Gasteiger partial charge is 0.478 e. The van der Waals surface area contributed by atoms with Gasteiger partial charge in [0.1, 0.15) is 0 Å². The van der Waals surface area contributed by atoms with Gasteiger partial charge in [-0.2, -0.15) is 0 Å². The predicted octanol–water partition coefficient (Wildman–Crippen LogP) is 1.19. The minimum atomic E-state index is -1.04. The first kappa shape index (κ1) is 14.6. The van der Waals surface area contributed by atoms with Crippen molar-refractivity contribution in [1.82, 2.24) is 10.6 Å². The maximum Gasteiger partial charge on any atom is 0.337 e. The van der Waals surface area contributed by atoms with Gasteiger partial charge >= 0.3 is 18.0 Å². The molecule has 7 heteroatoms. The van der Waals surface area contributed by atoms with Crippen molar-refractivity contribution in [3.63, 3.8) is 0 Å². The van der Waals surface area contributed by atoms with Crippen molar-refractivity contribution in [3.05, 3.63) is 47.2 Å². The second-order valence-electron chi connectivity index (χ2n) is 4.30. The Balaban J connectivity index is 2.31. The number of ether oxygens (including phenoxy) is 1. The van der Waals surface area contributed by atoms with E-state index in [1.807, 2.05) is 0 Å². The first-order chi connectivity index (χ1) is 10.0. The summed E-state index contributed by atoms with van der Waals surface area (Å²) in [6, 6.07) is 4.79. The van der Waals surface area contributed by atoms with E-state index in [4.69, 9.17) is 9.84 Å². The van der Waals surface area contributed by atoms with Crippen molar-refractivity contribution in [2.75, 3.05) is 6.61 Å². The summed E-state index contributed by atoms with van der Waals surface area (Å²) in [6.07, 6.45) is 1.30. The lowest BCUT2D eigenvalue weighted by Crippen LogP contribution is -2.42. The zero-order valence-electron chi connectivity index (χ0n) is 11.3. The summed E-state index contributed by atoms with van der Waals surface area (Å²) in [5.74, 6) is -1.59. The second-order valence-corrected chi connectivity index (χ2v) is 4.30. The number of carbonyl (C=O) groups excluding carboxylic acids is 2. The molecule has 1 unspecified atom stereocenters. The fourth-order valence-electron chi connectivity index (χ4n) is 1.95. The van der Waals surface area contributed by atoms with Crippen molar-refractivity contribution in [2.45, 2.75) is 13.0 Å². The summed E-state index contributed by atoms with van der Waals surface area (Å²) < 4.78 is 4.94. The molecule has 1 heterocycles. The van der Waals surface area contributed by atoms with Crippen LogP contribution >= 0.6 is 0 Å². The number of hydrogen-bond acceptors (Lipinski definition) is 4. The highest BCUT2D eigenvalue weighted by Crippen LogP contribution is 2.24. The molecule has 21 heavy (non-hydrogen) atoms. The molecule has 0 fully saturated rings. The number of benzene rings is 1. The predicted molar refractivity (Wildman–Crippen MR) is 72.5 cm³/mol. The number of nitrogens with one attached hydrogen (secondary N) is 2. The third-order valence-corrected chi connectivity index (χ3v) is 2.95. The molecule has 0 spiro atoms. The lowest BCUT2D eigenvalue weighted by atomic mass is 9.97. The smallest absolute Gasteiger partial charge is 0.337 e. The first-order valence-electron chi connectivity index (χ1n) is 6.30. The van der Waals surface area contributed by atoms with Crippen LogP contribution in [0.15, 0.2) is 36.0 Å². The molecule has 0 saturated heterocycles. The SMILES string of the molecule is CCOC(=O)C1=CNC(=O)NC1c1ccc(C(=O)O)cc1. The lowest BCUT2D eigenvalue weighted by Gasteiger charge is -2.25. The van der Waals surface area contributed by atoms with Crippen LogP contribution in [-0.4, -0.2) is 29.7 Å². The maximum absolute atomic E-state index is 11.9. The van der Waals surface area contributed by atoms with Gasteiger partial charge in [-0.3, -0.25) is 0 Å². The number of amides is 2. The summed E-state index contributed by atoms with van der Waals surface area (Å²) >= 11 is 0. The molecular weight excluding hydrogens is 276 g/mol. The molecule has 0 aliphatic carbocycles. The van der Waals surface area contributed by atoms with Gasteiger partial charge < -0.3 is 20.5 Å². The van der Waals surface area contributed by atoms with Crippen LogP contribution in [0.25, 0.3) is 0 Å².